The van der Waals surface area contributed by atoms with Gasteiger partial charge in [-0.2, -0.15) is 5.10 Å². The summed E-state index contributed by atoms with van der Waals surface area (Å²) in [6.45, 7) is 2.42. The van der Waals surface area contributed by atoms with E-state index in [0.717, 1.165) is 10.0 Å². The maximum absolute atomic E-state index is 12.8. The average molecular weight is 365 g/mol. The van der Waals surface area contributed by atoms with Gasteiger partial charge in [-0.05, 0) is 49.4 Å². The van der Waals surface area contributed by atoms with E-state index in [2.05, 4.69) is 26.5 Å². The Kier molecular flexibility index (Phi) is 5.66. The minimum Gasteiger partial charge on any atom is -0.493 e. The minimum absolute atomic E-state index is 0.331. The van der Waals surface area contributed by atoms with Gasteiger partial charge >= 0.3 is 0 Å². The van der Waals surface area contributed by atoms with Crippen molar-refractivity contribution in [1.29, 1.82) is 0 Å². The zero-order valence-electron chi connectivity index (χ0n) is 11.8. The molecule has 0 aliphatic heterocycles. The van der Waals surface area contributed by atoms with Gasteiger partial charge in [-0.15, -0.1) is 0 Å². The maximum Gasteiger partial charge on any atom is 0.271 e. The summed E-state index contributed by atoms with van der Waals surface area (Å²) < 4.78 is 19.2. The largest absolute Gasteiger partial charge is 0.493 e. The summed E-state index contributed by atoms with van der Waals surface area (Å²) in [4.78, 5) is 11.8. The fourth-order valence-corrected chi connectivity index (χ4v) is 2.11. The smallest absolute Gasteiger partial charge is 0.271 e. The van der Waals surface area contributed by atoms with Gasteiger partial charge in [0.25, 0.3) is 5.91 Å². The first-order valence-electron chi connectivity index (χ1n) is 6.61. The highest BCUT2D eigenvalue weighted by Gasteiger charge is 2.05. The first-order valence-corrected chi connectivity index (χ1v) is 7.40. The van der Waals surface area contributed by atoms with Crippen LogP contribution in [0.3, 0.4) is 0 Å². The minimum atomic E-state index is -0.413. The molecule has 4 nitrogen and oxygen atoms in total. The standard InChI is InChI=1S/C16H14BrFN2O2/c1-2-22-15-8-5-13(17)9-12(15)10-19-20-16(21)11-3-6-14(18)7-4-11/h3-10H,2H2,1H3,(H,20,21)/b19-10-. The first kappa shape index (κ1) is 16.2. The van der Waals surface area contributed by atoms with Crippen molar-refractivity contribution in [3.63, 3.8) is 0 Å². The van der Waals surface area contributed by atoms with Gasteiger partial charge in [-0.3, -0.25) is 4.79 Å². The number of benzene rings is 2. The number of carbonyl (C=O) groups excluding carboxylic acids is 1. The van der Waals surface area contributed by atoms with Crippen LogP contribution in [0, 0.1) is 5.82 Å². The van der Waals surface area contributed by atoms with E-state index in [-0.39, 0.29) is 0 Å². The molecule has 0 bridgehead atoms. The third kappa shape index (κ3) is 4.39. The van der Waals surface area contributed by atoms with E-state index in [0.29, 0.717) is 17.9 Å². The molecule has 1 amide bonds. The Bertz CT molecular complexity index is 687. The molecule has 0 aliphatic rings. The topological polar surface area (TPSA) is 50.7 Å². The number of hydrazone groups is 1. The van der Waals surface area contributed by atoms with Gasteiger partial charge in [0.05, 0.1) is 12.8 Å². The molecule has 0 saturated heterocycles. The Labute approximate surface area is 136 Å². The number of rotatable bonds is 5. The molecule has 2 aromatic carbocycles. The summed E-state index contributed by atoms with van der Waals surface area (Å²) in [6.07, 6.45) is 1.50. The first-order chi connectivity index (χ1) is 10.6. The lowest BCUT2D eigenvalue weighted by molar-refractivity contribution is 0.0955. The molecule has 0 radical (unpaired) electrons. The quantitative estimate of drug-likeness (QED) is 0.648. The van der Waals surface area contributed by atoms with Crippen LogP contribution in [-0.2, 0) is 0 Å². The molecule has 0 heterocycles. The Morgan fingerprint density at radius 2 is 2.05 bits per heavy atom. The molecule has 0 saturated carbocycles. The average Bonchev–Trinajstić information content (AvgIpc) is 2.50. The molecule has 0 atom stereocenters. The van der Waals surface area contributed by atoms with E-state index in [4.69, 9.17) is 4.74 Å². The van der Waals surface area contributed by atoms with Gasteiger partial charge in [0.1, 0.15) is 11.6 Å². The highest BCUT2D eigenvalue weighted by atomic mass is 79.9. The molecule has 0 aromatic heterocycles. The number of amides is 1. The molecule has 0 fully saturated rings. The van der Waals surface area contributed by atoms with Crippen LogP contribution in [0.15, 0.2) is 52.0 Å². The van der Waals surface area contributed by atoms with Crippen LogP contribution in [0.25, 0.3) is 0 Å². The van der Waals surface area contributed by atoms with Crippen molar-refractivity contribution in [3.05, 3.63) is 63.9 Å². The van der Waals surface area contributed by atoms with Gasteiger partial charge in [-0.25, -0.2) is 9.82 Å². The molecule has 0 unspecified atom stereocenters. The van der Waals surface area contributed by atoms with Crippen LogP contribution in [-0.4, -0.2) is 18.7 Å². The van der Waals surface area contributed by atoms with Crippen molar-refractivity contribution in [3.8, 4) is 5.75 Å². The number of nitrogens with zero attached hydrogens (tertiary/aromatic N) is 1. The van der Waals surface area contributed by atoms with Gasteiger partial charge in [-0.1, -0.05) is 15.9 Å². The number of nitrogens with one attached hydrogen (secondary N) is 1. The van der Waals surface area contributed by atoms with E-state index >= 15 is 0 Å². The number of hydrogen-bond acceptors (Lipinski definition) is 3. The summed E-state index contributed by atoms with van der Waals surface area (Å²) in [5, 5.41) is 3.91. The molecule has 0 spiro atoms. The number of halogens is 2. The normalized spacial score (nSPS) is 10.7. The second-order valence-electron chi connectivity index (χ2n) is 4.32. The van der Waals surface area contributed by atoms with Gasteiger partial charge in [0.15, 0.2) is 0 Å². The Morgan fingerprint density at radius 1 is 1.32 bits per heavy atom. The van der Waals surface area contributed by atoms with E-state index in [1.54, 1.807) is 0 Å². The molecule has 114 valence electrons. The third-order valence-electron chi connectivity index (χ3n) is 2.75. The number of carbonyl (C=O) groups is 1. The zero-order valence-corrected chi connectivity index (χ0v) is 13.4. The summed E-state index contributed by atoms with van der Waals surface area (Å²) in [7, 11) is 0. The summed E-state index contributed by atoms with van der Waals surface area (Å²) >= 11 is 3.37. The van der Waals surface area contributed by atoms with E-state index in [1.807, 2.05) is 25.1 Å². The summed E-state index contributed by atoms with van der Waals surface area (Å²) in [5.41, 5.74) is 3.46. The van der Waals surface area contributed by atoms with Gasteiger partial charge < -0.3 is 4.74 Å². The molecule has 22 heavy (non-hydrogen) atoms. The van der Waals surface area contributed by atoms with E-state index in [1.165, 1.54) is 30.5 Å². The molecular formula is C16H14BrFN2O2. The summed E-state index contributed by atoms with van der Waals surface area (Å²) in [5.74, 6) is -0.134. The second-order valence-corrected chi connectivity index (χ2v) is 5.24. The summed E-state index contributed by atoms with van der Waals surface area (Å²) in [6, 6.07) is 10.7. The highest BCUT2D eigenvalue weighted by Crippen LogP contribution is 2.21. The van der Waals surface area contributed by atoms with Crippen molar-refractivity contribution in [1.82, 2.24) is 5.43 Å². The van der Waals surface area contributed by atoms with Crippen molar-refractivity contribution in [2.24, 2.45) is 5.10 Å². The van der Waals surface area contributed by atoms with Crippen LogP contribution < -0.4 is 10.2 Å². The monoisotopic (exact) mass is 364 g/mol. The van der Waals surface area contributed by atoms with Crippen molar-refractivity contribution in [2.45, 2.75) is 6.92 Å². The van der Waals surface area contributed by atoms with Crippen molar-refractivity contribution < 1.29 is 13.9 Å². The lowest BCUT2D eigenvalue weighted by Crippen LogP contribution is -2.17. The molecular weight excluding hydrogens is 351 g/mol. The van der Waals surface area contributed by atoms with E-state index in [9.17, 15) is 9.18 Å². The van der Waals surface area contributed by atoms with Crippen molar-refractivity contribution in [2.75, 3.05) is 6.61 Å². The van der Waals surface area contributed by atoms with Crippen LogP contribution in [0.2, 0.25) is 0 Å². The third-order valence-corrected chi connectivity index (χ3v) is 3.24. The number of hydrogen-bond donors (Lipinski definition) is 1. The lowest BCUT2D eigenvalue weighted by Gasteiger charge is -2.07. The second kappa shape index (κ2) is 7.70. The highest BCUT2D eigenvalue weighted by molar-refractivity contribution is 9.10. The van der Waals surface area contributed by atoms with Crippen LogP contribution in [0.1, 0.15) is 22.8 Å². The molecule has 6 heteroatoms. The number of ether oxygens (including phenoxy) is 1. The van der Waals surface area contributed by atoms with Crippen molar-refractivity contribution >= 4 is 28.1 Å². The van der Waals surface area contributed by atoms with E-state index < -0.39 is 11.7 Å². The fourth-order valence-electron chi connectivity index (χ4n) is 1.73. The Balaban J connectivity index is 2.07. The predicted molar refractivity (Wildman–Crippen MR) is 86.8 cm³/mol. The SMILES string of the molecule is CCOc1ccc(Br)cc1/C=N\NC(=O)c1ccc(F)cc1. The fraction of sp³-hybridized carbons (Fsp3) is 0.125. The van der Waals surface area contributed by atoms with Gasteiger partial charge in [0, 0.05) is 15.6 Å². The molecule has 2 aromatic rings. The molecule has 0 aliphatic carbocycles. The Hall–Kier alpha value is -2.21. The zero-order chi connectivity index (χ0) is 15.9. The van der Waals surface area contributed by atoms with Gasteiger partial charge in [0.2, 0.25) is 0 Å². The van der Waals surface area contributed by atoms with Crippen LogP contribution in [0.5, 0.6) is 5.75 Å². The maximum atomic E-state index is 12.8. The lowest BCUT2D eigenvalue weighted by atomic mass is 10.2. The predicted octanol–water partition coefficient (Wildman–Crippen LogP) is 3.75. The van der Waals surface area contributed by atoms with Crippen LogP contribution in [0.4, 0.5) is 4.39 Å². The molecule has 2 rings (SSSR count). The van der Waals surface area contributed by atoms with Crippen LogP contribution >= 0.6 is 15.9 Å². The Morgan fingerprint density at radius 3 is 2.73 bits per heavy atom. The molecule has 1 N–H and O–H groups in total.